The first-order valence-corrected chi connectivity index (χ1v) is 3.63. The maximum absolute atomic E-state index is 8.43. The van der Waals surface area contributed by atoms with Gasteiger partial charge < -0.3 is 15.3 Å². The Labute approximate surface area is 69.3 Å². The van der Waals surface area contributed by atoms with Crippen LogP contribution in [0.1, 0.15) is 6.92 Å². The predicted molar refractivity (Wildman–Crippen MR) is 39.9 cm³/mol. The molecule has 0 aliphatic heterocycles. The van der Waals surface area contributed by atoms with Crippen molar-refractivity contribution in [2.45, 2.75) is 12.9 Å². The number of aliphatic hydroxyl groups is 3. The molecular weight excluding hydrogens is 256 g/mol. The van der Waals surface area contributed by atoms with Crippen molar-refractivity contribution in [3.63, 3.8) is 0 Å². The van der Waals surface area contributed by atoms with Crippen molar-refractivity contribution in [3.8, 4) is 0 Å². The molecule has 9 heavy (non-hydrogen) atoms. The van der Waals surface area contributed by atoms with Gasteiger partial charge in [-0.2, -0.15) is 0 Å². The Bertz CT molecular complexity index is 131. The van der Waals surface area contributed by atoms with Gasteiger partial charge in [0.05, 0.1) is 4.48 Å². The second-order valence-electron chi connectivity index (χ2n) is 1.48. The molecule has 0 heterocycles. The normalized spacial score (nSPS) is 15.3. The maximum Gasteiger partial charge on any atom is 0.311 e. The molecule has 3 nitrogen and oxygen atoms in total. The second kappa shape index (κ2) is 3.12. The molecular formula is C4H6Br2O3. The molecule has 0 radical (unpaired) electrons. The van der Waals surface area contributed by atoms with E-state index in [4.69, 9.17) is 15.3 Å². The van der Waals surface area contributed by atoms with E-state index in [2.05, 4.69) is 31.9 Å². The standard InChI is InChI=1S/C4H6Br2O3/c1-2(5)3(6)4(7,8)9/h7-9H,1H3. The molecule has 0 aliphatic rings. The van der Waals surface area contributed by atoms with E-state index in [-0.39, 0.29) is 4.48 Å². The SMILES string of the molecule is CC(Br)=C(Br)C(O)(O)O. The Morgan fingerprint density at radius 3 is 1.56 bits per heavy atom. The molecule has 3 N–H and O–H groups in total. The third kappa shape index (κ3) is 3.32. The molecule has 0 saturated carbocycles. The molecule has 0 unspecified atom stereocenters. The van der Waals surface area contributed by atoms with Gasteiger partial charge >= 0.3 is 5.97 Å². The summed E-state index contributed by atoms with van der Waals surface area (Å²) < 4.78 is 0.324. The number of halogens is 2. The molecule has 0 aromatic heterocycles. The lowest BCUT2D eigenvalue weighted by molar-refractivity contribution is -0.275. The highest BCUT2D eigenvalue weighted by Crippen LogP contribution is 2.24. The van der Waals surface area contributed by atoms with Crippen molar-refractivity contribution in [3.05, 3.63) is 8.96 Å². The molecule has 0 bridgehead atoms. The molecule has 0 amide bonds. The van der Waals surface area contributed by atoms with Crippen molar-refractivity contribution in [2.75, 3.05) is 0 Å². The molecule has 0 spiro atoms. The Kier molecular flexibility index (Phi) is 3.32. The molecule has 0 saturated heterocycles. The van der Waals surface area contributed by atoms with Gasteiger partial charge in [-0.05, 0) is 22.9 Å². The second-order valence-corrected chi connectivity index (χ2v) is 3.47. The van der Waals surface area contributed by atoms with E-state index in [1.807, 2.05) is 0 Å². The van der Waals surface area contributed by atoms with Crippen LogP contribution in [0.4, 0.5) is 0 Å². The summed E-state index contributed by atoms with van der Waals surface area (Å²) in [7, 11) is 0. The molecule has 0 aromatic carbocycles. The van der Waals surface area contributed by atoms with Crippen LogP contribution < -0.4 is 0 Å². The Morgan fingerprint density at radius 2 is 1.56 bits per heavy atom. The summed E-state index contributed by atoms with van der Waals surface area (Å²) in [6.45, 7) is 1.56. The fourth-order valence-electron chi connectivity index (χ4n) is 0.231. The molecule has 0 aromatic rings. The van der Waals surface area contributed by atoms with Gasteiger partial charge in [-0.25, -0.2) is 0 Å². The topological polar surface area (TPSA) is 60.7 Å². The first-order valence-electron chi connectivity index (χ1n) is 2.05. The Morgan fingerprint density at radius 1 is 1.22 bits per heavy atom. The molecule has 0 fully saturated rings. The first-order chi connectivity index (χ1) is 3.85. The summed E-state index contributed by atoms with van der Waals surface area (Å²) in [6, 6.07) is 0. The van der Waals surface area contributed by atoms with Crippen LogP contribution in [-0.4, -0.2) is 21.3 Å². The zero-order chi connectivity index (χ0) is 7.65. The molecule has 0 rings (SSSR count). The monoisotopic (exact) mass is 260 g/mol. The van der Waals surface area contributed by atoms with Gasteiger partial charge in [0, 0.05) is 4.48 Å². The van der Waals surface area contributed by atoms with E-state index in [9.17, 15) is 0 Å². The van der Waals surface area contributed by atoms with Crippen LogP contribution in [-0.2, 0) is 0 Å². The van der Waals surface area contributed by atoms with Gasteiger partial charge in [0.25, 0.3) is 0 Å². The van der Waals surface area contributed by atoms with E-state index in [0.717, 1.165) is 0 Å². The zero-order valence-electron chi connectivity index (χ0n) is 4.60. The highest BCUT2D eigenvalue weighted by Gasteiger charge is 2.24. The van der Waals surface area contributed by atoms with E-state index >= 15 is 0 Å². The van der Waals surface area contributed by atoms with Gasteiger partial charge in [0.1, 0.15) is 0 Å². The van der Waals surface area contributed by atoms with Gasteiger partial charge in [0.2, 0.25) is 0 Å². The van der Waals surface area contributed by atoms with Crippen LogP contribution in [0, 0.1) is 0 Å². The minimum Gasteiger partial charge on any atom is -0.339 e. The van der Waals surface area contributed by atoms with Gasteiger partial charge in [-0.3, -0.25) is 0 Å². The quantitative estimate of drug-likeness (QED) is 0.607. The van der Waals surface area contributed by atoms with Crippen LogP contribution in [0.15, 0.2) is 8.96 Å². The summed E-state index contributed by atoms with van der Waals surface area (Å²) in [5, 5.41) is 25.3. The fourth-order valence-corrected chi connectivity index (χ4v) is 0.497. The fraction of sp³-hybridized carbons (Fsp3) is 0.500. The van der Waals surface area contributed by atoms with Crippen molar-refractivity contribution >= 4 is 31.9 Å². The number of hydrogen-bond donors (Lipinski definition) is 3. The lowest BCUT2D eigenvalue weighted by Crippen LogP contribution is -2.27. The third-order valence-corrected chi connectivity index (χ3v) is 2.65. The van der Waals surface area contributed by atoms with Crippen LogP contribution in [0.25, 0.3) is 0 Å². The van der Waals surface area contributed by atoms with Crippen LogP contribution in [0.5, 0.6) is 0 Å². The highest BCUT2D eigenvalue weighted by atomic mass is 79.9. The summed E-state index contributed by atoms with van der Waals surface area (Å²) in [4.78, 5) is 0. The average molecular weight is 262 g/mol. The largest absolute Gasteiger partial charge is 0.339 e. The van der Waals surface area contributed by atoms with Crippen LogP contribution >= 0.6 is 31.9 Å². The summed E-state index contributed by atoms with van der Waals surface area (Å²) >= 11 is 5.67. The predicted octanol–water partition coefficient (Wildman–Crippen LogP) is 0.638. The Balaban J connectivity index is 4.40. The third-order valence-electron chi connectivity index (χ3n) is 0.597. The minimum atomic E-state index is -2.77. The summed E-state index contributed by atoms with van der Waals surface area (Å²) in [6.07, 6.45) is 0. The van der Waals surface area contributed by atoms with E-state index in [1.54, 1.807) is 6.92 Å². The molecule has 0 atom stereocenters. The first kappa shape index (κ1) is 9.58. The number of hydrogen-bond acceptors (Lipinski definition) is 3. The maximum atomic E-state index is 8.43. The van der Waals surface area contributed by atoms with E-state index in [0.29, 0.717) is 4.48 Å². The average Bonchev–Trinajstić information content (AvgIpc) is 1.62. The van der Waals surface area contributed by atoms with Crippen molar-refractivity contribution in [1.82, 2.24) is 0 Å². The molecule has 5 heteroatoms. The number of rotatable bonds is 1. The molecule has 0 aliphatic carbocycles. The van der Waals surface area contributed by atoms with Gasteiger partial charge in [-0.1, -0.05) is 15.9 Å². The van der Waals surface area contributed by atoms with Crippen molar-refractivity contribution in [2.24, 2.45) is 0 Å². The Hall–Kier alpha value is 0.580. The van der Waals surface area contributed by atoms with Gasteiger partial charge in [-0.15, -0.1) is 0 Å². The zero-order valence-corrected chi connectivity index (χ0v) is 7.77. The van der Waals surface area contributed by atoms with Crippen LogP contribution in [0.3, 0.4) is 0 Å². The van der Waals surface area contributed by atoms with E-state index < -0.39 is 5.97 Å². The summed E-state index contributed by atoms with van der Waals surface area (Å²) in [5.41, 5.74) is 0. The lowest BCUT2D eigenvalue weighted by atomic mass is 10.5. The minimum absolute atomic E-state index is 0.102. The summed E-state index contributed by atoms with van der Waals surface area (Å²) in [5.74, 6) is -2.77. The smallest absolute Gasteiger partial charge is 0.311 e. The number of allylic oxidation sites excluding steroid dienone is 1. The van der Waals surface area contributed by atoms with Crippen LogP contribution in [0.2, 0.25) is 0 Å². The van der Waals surface area contributed by atoms with Gasteiger partial charge in [0.15, 0.2) is 0 Å². The lowest BCUT2D eigenvalue weighted by Gasteiger charge is -2.13. The van der Waals surface area contributed by atoms with E-state index in [1.165, 1.54) is 0 Å². The molecule has 54 valence electrons. The highest BCUT2D eigenvalue weighted by molar-refractivity contribution is 9.14. The van der Waals surface area contributed by atoms with Crippen molar-refractivity contribution < 1.29 is 15.3 Å². The van der Waals surface area contributed by atoms with Crippen molar-refractivity contribution in [1.29, 1.82) is 0 Å².